The van der Waals surface area contributed by atoms with Crippen molar-refractivity contribution in [1.82, 2.24) is 0 Å². The first-order valence-electron chi connectivity index (χ1n) is 8.02. The van der Waals surface area contributed by atoms with Gasteiger partial charge < -0.3 is 4.57 Å². The van der Waals surface area contributed by atoms with E-state index in [1.807, 2.05) is 97.1 Å². The summed E-state index contributed by atoms with van der Waals surface area (Å²) in [6.07, 6.45) is 3.59. The van der Waals surface area contributed by atoms with Crippen molar-refractivity contribution in [1.29, 1.82) is 0 Å². The van der Waals surface area contributed by atoms with Crippen molar-refractivity contribution in [3.63, 3.8) is 0 Å². The second-order valence-corrected chi connectivity index (χ2v) is 9.59. The number of rotatable bonds is 6. The second-order valence-electron chi connectivity index (χ2n) is 5.44. The lowest BCUT2D eigenvalue weighted by Gasteiger charge is -2.22. The normalized spacial score (nSPS) is 11.9. The molecule has 1 nitrogen and oxygen atoms in total. The van der Waals surface area contributed by atoms with Crippen LogP contribution in [0, 0.1) is 0 Å². The smallest absolute Gasteiger partial charge is 0.177 e. The zero-order valence-electron chi connectivity index (χ0n) is 13.8. The van der Waals surface area contributed by atoms with Crippen molar-refractivity contribution in [3.8, 4) is 0 Å². The lowest BCUT2D eigenvalue weighted by molar-refractivity contribution is 0.591. The van der Waals surface area contributed by atoms with E-state index in [2.05, 4.69) is 6.58 Å². The maximum absolute atomic E-state index is 14.4. The Bertz CT molecular complexity index is 859. The maximum Gasteiger partial charge on any atom is 0.177 e. The molecule has 0 heterocycles. The van der Waals surface area contributed by atoms with E-state index < -0.39 is 7.14 Å². The van der Waals surface area contributed by atoms with Crippen LogP contribution < -0.4 is 10.6 Å². The highest BCUT2D eigenvalue weighted by molar-refractivity contribution is 8.13. The molecule has 3 rings (SSSR count). The Morgan fingerprint density at radius 1 is 0.760 bits per heavy atom. The van der Waals surface area contributed by atoms with Crippen LogP contribution in [-0.2, 0) is 4.57 Å². The zero-order chi connectivity index (χ0) is 17.5. The molecule has 0 saturated carbocycles. The van der Waals surface area contributed by atoms with E-state index in [9.17, 15) is 4.57 Å². The molecule has 0 saturated heterocycles. The monoisotopic (exact) mass is 362 g/mol. The summed E-state index contributed by atoms with van der Waals surface area (Å²) in [7, 11) is -2.96. The first-order valence-corrected chi connectivity index (χ1v) is 10.5. The molecule has 0 aliphatic rings. The molecule has 0 radical (unpaired) electrons. The van der Waals surface area contributed by atoms with Gasteiger partial charge in [0.15, 0.2) is 7.14 Å². The molecular weight excluding hydrogens is 343 g/mol. The Labute approximate surface area is 153 Å². The minimum atomic E-state index is -2.96. The van der Waals surface area contributed by atoms with Gasteiger partial charge in [-0.05, 0) is 18.2 Å². The summed E-state index contributed by atoms with van der Waals surface area (Å²) in [5.74, 6) is 0. The molecule has 3 aromatic carbocycles. The van der Waals surface area contributed by atoms with Crippen LogP contribution in [0.4, 0.5) is 0 Å². The van der Waals surface area contributed by atoms with Crippen molar-refractivity contribution in [2.24, 2.45) is 0 Å². The van der Waals surface area contributed by atoms with Gasteiger partial charge in [-0.3, -0.25) is 0 Å². The fraction of sp³-hybridized carbons (Fsp3) is 0. The molecule has 0 unspecified atom stereocenters. The largest absolute Gasteiger partial charge is 0.308 e. The highest BCUT2D eigenvalue weighted by Gasteiger charge is 2.32. The fourth-order valence-corrected chi connectivity index (χ4v) is 7.06. The number of hydrogen-bond acceptors (Lipinski definition) is 2. The fourth-order valence-electron chi connectivity index (χ4n) is 2.59. The van der Waals surface area contributed by atoms with Crippen molar-refractivity contribution >= 4 is 29.5 Å². The second kappa shape index (κ2) is 8.20. The molecule has 0 N–H and O–H groups in total. The van der Waals surface area contributed by atoms with E-state index in [4.69, 9.17) is 0 Å². The predicted octanol–water partition coefficient (Wildman–Crippen LogP) is 5.82. The van der Waals surface area contributed by atoms with Crippen LogP contribution in [0.3, 0.4) is 0 Å². The quantitative estimate of drug-likeness (QED) is 0.312. The number of benzene rings is 3. The zero-order valence-corrected chi connectivity index (χ0v) is 15.5. The summed E-state index contributed by atoms with van der Waals surface area (Å²) in [6.45, 7) is 3.83. The van der Waals surface area contributed by atoms with E-state index in [0.29, 0.717) is 0 Å². The lowest BCUT2D eigenvalue weighted by atomic mass is 10.4. The molecule has 0 aromatic heterocycles. The summed E-state index contributed by atoms with van der Waals surface area (Å²) in [5, 5.41) is 1.66. The Morgan fingerprint density at radius 2 is 1.20 bits per heavy atom. The molecule has 0 atom stereocenters. The van der Waals surface area contributed by atoms with E-state index >= 15 is 0 Å². The number of hydrogen-bond donors (Lipinski definition) is 0. The van der Waals surface area contributed by atoms with Crippen molar-refractivity contribution in [2.75, 3.05) is 0 Å². The summed E-state index contributed by atoms with van der Waals surface area (Å²) >= 11 is 1.54. The molecule has 0 fully saturated rings. The first kappa shape index (κ1) is 17.5. The average Bonchev–Trinajstić information content (AvgIpc) is 2.69. The minimum Gasteiger partial charge on any atom is -0.308 e. The third-order valence-corrected chi connectivity index (χ3v) is 8.49. The Morgan fingerprint density at radius 3 is 1.64 bits per heavy atom. The topological polar surface area (TPSA) is 17.1 Å². The van der Waals surface area contributed by atoms with Gasteiger partial charge in [-0.15, -0.1) is 0 Å². The first-order chi connectivity index (χ1) is 12.2. The van der Waals surface area contributed by atoms with Gasteiger partial charge >= 0.3 is 0 Å². The summed E-state index contributed by atoms with van der Waals surface area (Å²) in [6, 6.07) is 29.4. The number of allylic oxidation sites excluding steroid dienone is 2. The van der Waals surface area contributed by atoms with Crippen molar-refractivity contribution in [2.45, 2.75) is 4.90 Å². The summed E-state index contributed by atoms with van der Waals surface area (Å²) < 4.78 is 15.2. The predicted molar refractivity (Wildman–Crippen MR) is 110 cm³/mol. The van der Waals surface area contributed by atoms with Crippen LogP contribution in [0.25, 0.3) is 0 Å². The van der Waals surface area contributed by atoms with Gasteiger partial charge in [-0.2, -0.15) is 0 Å². The van der Waals surface area contributed by atoms with Gasteiger partial charge in [0, 0.05) is 15.5 Å². The van der Waals surface area contributed by atoms with Crippen LogP contribution in [0.5, 0.6) is 0 Å². The third-order valence-electron chi connectivity index (χ3n) is 3.78. The van der Waals surface area contributed by atoms with E-state index in [0.717, 1.165) is 20.2 Å². The van der Waals surface area contributed by atoms with Gasteiger partial charge in [0.1, 0.15) is 0 Å². The Balaban J connectivity index is 2.17. The molecule has 0 bridgehead atoms. The highest BCUT2D eigenvalue weighted by Crippen LogP contribution is 2.58. The SMILES string of the molecule is C=C/C=C(\Sc1ccccc1)P(=O)(c1ccccc1)c1ccccc1. The summed E-state index contributed by atoms with van der Waals surface area (Å²) in [5.41, 5.74) is 0. The molecule has 0 aliphatic carbocycles. The van der Waals surface area contributed by atoms with Crippen LogP contribution >= 0.6 is 18.9 Å². The van der Waals surface area contributed by atoms with E-state index in [1.165, 1.54) is 11.8 Å². The van der Waals surface area contributed by atoms with Gasteiger partial charge in [-0.1, -0.05) is 103 Å². The lowest BCUT2D eigenvalue weighted by Crippen LogP contribution is -2.16. The van der Waals surface area contributed by atoms with Gasteiger partial charge in [0.25, 0.3) is 0 Å². The third kappa shape index (κ3) is 3.87. The molecular formula is C22H19OPS. The molecule has 124 valence electrons. The Hall–Kier alpha value is -2.28. The van der Waals surface area contributed by atoms with Gasteiger partial charge in [0.2, 0.25) is 0 Å². The van der Waals surface area contributed by atoms with E-state index in [-0.39, 0.29) is 0 Å². The van der Waals surface area contributed by atoms with Gasteiger partial charge in [-0.25, -0.2) is 0 Å². The molecule has 3 heteroatoms. The molecule has 0 aliphatic heterocycles. The Kier molecular flexibility index (Phi) is 5.75. The van der Waals surface area contributed by atoms with Crippen LogP contribution in [0.1, 0.15) is 0 Å². The van der Waals surface area contributed by atoms with Crippen LogP contribution in [0.2, 0.25) is 0 Å². The van der Waals surface area contributed by atoms with Gasteiger partial charge in [0.05, 0.1) is 4.65 Å². The standard InChI is InChI=1S/C22H19OPS/c1-2-12-22(25-21-17-10-5-11-18-21)24(23,19-13-6-3-7-14-19)20-15-8-4-9-16-20/h2-18H,1H2/b22-12-. The average molecular weight is 362 g/mol. The van der Waals surface area contributed by atoms with Crippen molar-refractivity contribution in [3.05, 3.63) is 114 Å². The molecule has 0 spiro atoms. The molecule has 0 amide bonds. The number of thioether (sulfide) groups is 1. The van der Waals surface area contributed by atoms with Crippen LogP contribution in [-0.4, -0.2) is 0 Å². The highest BCUT2D eigenvalue weighted by atomic mass is 32.2. The van der Waals surface area contributed by atoms with Crippen molar-refractivity contribution < 1.29 is 4.57 Å². The van der Waals surface area contributed by atoms with E-state index in [1.54, 1.807) is 6.08 Å². The summed E-state index contributed by atoms with van der Waals surface area (Å²) in [4.78, 5) is 1.06. The minimum absolute atomic E-state index is 0.811. The maximum atomic E-state index is 14.4. The van der Waals surface area contributed by atoms with Crippen LogP contribution in [0.15, 0.2) is 119 Å². The molecule has 25 heavy (non-hydrogen) atoms. The molecule has 3 aromatic rings.